The number of carbonyl (C=O) groups excluding carboxylic acids is 1. The van der Waals surface area contributed by atoms with E-state index in [1.54, 1.807) is 0 Å². The molecule has 0 atom stereocenters. The second kappa shape index (κ2) is 8.50. The van der Waals surface area contributed by atoms with Crippen LogP contribution in [0.1, 0.15) is 32.6 Å². The first kappa shape index (κ1) is 26.4. The molecule has 0 heterocycles. The van der Waals surface area contributed by atoms with Gasteiger partial charge < -0.3 is 5.32 Å². The molecule has 2 rings (SSSR count). The van der Waals surface area contributed by atoms with E-state index in [1.807, 2.05) is 5.32 Å². The van der Waals surface area contributed by atoms with E-state index >= 15 is 0 Å². The summed E-state index contributed by atoms with van der Waals surface area (Å²) in [5.74, 6) is -5.13. The summed E-state index contributed by atoms with van der Waals surface area (Å²) in [7, 11) is 0. The van der Waals surface area contributed by atoms with Crippen molar-refractivity contribution in [2.45, 2.75) is 31.9 Å². The molecule has 0 radical (unpaired) electrons. The number of nitro groups is 1. The van der Waals surface area contributed by atoms with Crippen molar-refractivity contribution in [2.75, 3.05) is 5.32 Å². The minimum atomic E-state index is -6.39. The zero-order chi connectivity index (χ0) is 26.4. The van der Waals surface area contributed by atoms with Crippen LogP contribution in [0.3, 0.4) is 0 Å². The minimum Gasteiger partial charge on any atom is -0.321 e. The van der Waals surface area contributed by atoms with Crippen LogP contribution in [0.2, 0.25) is 0 Å². The highest BCUT2D eigenvalue weighted by Crippen LogP contribution is 2.53. The van der Waals surface area contributed by atoms with Gasteiger partial charge in [-0.05, 0) is 31.0 Å². The Morgan fingerprint density at radius 1 is 1.00 bits per heavy atom. The van der Waals surface area contributed by atoms with E-state index in [1.165, 1.54) is 0 Å². The Labute approximate surface area is 183 Å². The predicted octanol–water partition coefficient (Wildman–Crippen LogP) is 5.90. The van der Waals surface area contributed by atoms with Gasteiger partial charge >= 0.3 is 23.7 Å². The van der Waals surface area contributed by atoms with Gasteiger partial charge in [0.15, 0.2) is 5.56 Å². The van der Waals surface area contributed by atoms with Gasteiger partial charge in [-0.15, -0.1) is 0 Å². The third-order valence-corrected chi connectivity index (χ3v) is 4.68. The zero-order valence-electron chi connectivity index (χ0n) is 16.8. The number of hydrogen-bond donors (Lipinski definition) is 1. The van der Waals surface area contributed by atoms with Gasteiger partial charge in [0, 0.05) is 11.3 Å². The summed E-state index contributed by atoms with van der Waals surface area (Å²) in [6, 6.07) is 1.51. The van der Waals surface area contributed by atoms with Gasteiger partial charge in [-0.2, -0.15) is 36.0 Å². The summed E-state index contributed by atoms with van der Waals surface area (Å²) in [6.07, 6.45) is -12.8. The van der Waals surface area contributed by atoms with E-state index in [-0.39, 0.29) is 18.2 Å². The van der Waals surface area contributed by atoms with E-state index < -0.39 is 79.7 Å². The highest BCUT2D eigenvalue weighted by Gasteiger charge is 2.73. The van der Waals surface area contributed by atoms with Crippen molar-refractivity contribution >= 4 is 17.3 Å². The van der Waals surface area contributed by atoms with Crippen molar-refractivity contribution in [1.29, 1.82) is 5.26 Å². The first-order valence-electron chi connectivity index (χ1n) is 8.70. The second-order valence-corrected chi connectivity index (χ2v) is 6.91. The first-order chi connectivity index (χ1) is 15.4. The van der Waals surface area contributed by atoms with Crippen LogP contribution >= 0.6 is 0 Å². The number of benzene rings is 2. The molecule has 0 unspecified atom stereocenters. The van der Waals surface area contributed by atoms with Crippen molar-refractivity contribution in [1.82, 2.24) is 0 Å². The van der Waals surface area contributed by atoms with Gasteiger partial charge in [-0.3, -0.25) is 14.9 Å². The number of alkyl halides is 7. The quantitative estimate of drug-likeness (QED) is 0.322. The fraction of sp³-hybridized carbons (Fsp3) is 0.263. The maximum absolute atomic E-state index is 14.5. The normalized spacial score (nSPS) is 12.3. The van der Waals surface area contributed by atoms with Crippen molar-refractivity contribution in [3.63, 3.8) is 0 Å². The van der Waals surface area contributed by atoms with Crippen molar-refractivity contribution in [3.05, 3.63) is 67.8 Å². The molecular formula is C19H10F9N3O3. The highest BCUT2D eigenvalue weighted by atomic mass is 19.4. The molecule has 6 nitrogen and oxygen atoms in total. The SMILES string of the molecule is Cc1cc(C(F)(C(F)(F)F)C(F)(F)F)cc(C)c1NC(=O)c1cc(F)c(C#N)c([N+](=O)[O-])c1F. The monoisotopic (exact) mass is 499 g/mol. The molecule has 1 N–H and O–H groups in total. The maximum atomic E-state index is 14.5. The largest absolute Gasteiger partial charge is 0.435 e. The Hall–Kier alpha value is -3.83. The lowest BCUT2D eigenvalue weighted by molar-refractivity contribution is -0.388. The van der Waals surface area contributed by atoms with Crippen LogP contribution in [0.15, 0.2) is 18.2 Å². The molecule has 0 aromatic heterocycles. The Morgan fingerprint density at radius 2 is 1.47 bits per heavy atom. The number of anilines is 1. The van der Waals surface area contributed by atoms with Crippen molar-refractivity contribution in [2.24, 2.45) is 0 Å². The van der Waals surface area contributed by atoms with Crippen LogP contribution < -0.4 is 5.32 Å². The average molecular weight is 499 g/mol. The number of carbonyl (C=O) groups is 1. The van der Waals surface area contributed by atoms with E-state index in [0.717, 1.165) is 19.9 Å². The van der Waals surface area contributed by atoms with E-state index in [4.69, 9.17) is 5.26 Å². The Morgan fingerprint density at radius 3 is 1.85 bits per heavy atom. The third kappa shape index (κ3) is 4.22. The number of rotatable bonds is 4. The van der Waals surface area contributed by atoms with E-state index in [9.17, 15) is 54.4 Å². The second-order valence-electron chi connectivity index (χ2n) is 6.91. The summed E-state index contributed by atoms with van der Waals surface area (Å²) >= 11 is 0. The third-order valence-electron chi connectivity index (χ3n) is 4.68. The standard InChI is InChI=1S/C19H10F9N3O3/c1-7-3-9(17(22,18(23,24)25)19(26,27)28)4-8(2)14(7)30-16(32)10-5-12(20)11(6-29)15(13(10)21)31(33)34/h3-5H,1-2H3,(H,30,32). The molecule has 0 fully saturated rings. The van der Waals surface area contributed by atoms with Crippen LogP contribution in [-0.4, -0.2) is 23.2 Å². The Balaban J connectivity index is 2.61. The number of halogens is 9. The maximum Gasteiger partial charge on any atom is 0.435 e. The molecule has 0 saturated heterocycles. The first-order valence-corrected chi connectivity index (χ1v) is 8.70. The van der Waals surface area contributed by atoms with Crippen LogP contribution in [0.5, 0.6) is 0 Å². The van der Waals surface area contributed by atoms with Gasteiger partial charge in [-0.1, -0.05) is 12.1 Å². The zero-order valence-corrected chi connectivity index (χ0v) is 16.8. The number of aryl methyl sites for hydroxylation is 2. The summed E-state index contributed by atoms with van der Waals surface area (Å²) in [5, 5.41) is 21.6. The fourth-order valence-corrected chi connectivity index (χ4v) is 3.08. The predicted molar refractivity (Wildman–Crippen MR) is 96.5 cm³/mol. The average Bonchev–Trinajstić information content (AvgIpc) is 2.68. The highest BCUT2D eigenvalue weighted by molar-refractivity contribution is 6.06. The van der Waals surface area contributed by atoms with Crippen LogP contribution in [0.4, 0.5) is 50.9 Å². The molecule has 182 valence electrons. The molecule has 0 spiro atoms. The molecule has 0 aliphatic heterocycles. The number of nitrogens with zero attached hydrogens (tertiary/aromatic N) is 2. The molecular weight excluding hydrogens is 489 g/mol. The van der Waals surface area contributed by atoms with Crippen molar-refractivity contribution < 1.29 is 49.2 Å². The van der Waals surface area contributed by atoms with Gasteiger partial charge in [0.25, 0.3) is 5.91 Å². The van der Waals surface area contributed by atoms with E-state index in [2.05, 4.69) is 0 Å². The number of nitrogens with one attached hydrogen (secondary N) is 1. The summed E-state index contributed by atoms with van der Waals surface area (Å²) in [5.41, 5.74) is -13.4. The lowest BCUT2D eigenvalue weighted by Gasteiger charge is -2.31. The molecule has 0 bridgehead atoms. The number of nitro benzene ring substituents is 1. The van der Waals surface area contributed by atoms with Gasteiger partial charge in [0.1, 0.15) is 11.9 Å². The van der Waals surface area contributed by atoms with Crippen LogP contribution in [0.25, 0.3) is 0 Å². The summed E-state index contributed by atoms with van der Waals surface area (Å²) in [4.78, 5) is 21.9. The fourth-order valence-electron chi connectivity index (χ4n) is 3.08. The molecule has 2 aromatic rings. The molecule has 15 heteroatoms. The smallest absolute Gasteiger partial charge is 0.321 e. The lowest BCUT2D eigenvalue weighted by Crippen LogP contribution is -2.50. The van der Waals surface area contributed by atoms with Crippen molar-refractivity contribution in [3.8, 4) is 6.07 Å². The molecule has 34 heavy (non-hydrogen) atoms. The molecule has 0 aliphatic rings. The number of nitriles is 1. The number of amides is 1. The van der Waals surface area contributed by atoms with E-state index in [0.29, 0.717) is 0 Å². The number of hydrogen-bond acceptors (Lipinski definition) is 4. The Bertz CT molecular complexity index is 1190. The topological polar surface area (TPSA) is 96.0 Å². The summed E-state index contributed by atoms with van der Waals surface area (Å²) < 4.78 is 121. The van der Waals surface area contributed by atoms with Crippen LogP contribution in [-0.2, 0) is 5.67 Å². The molecule has 2 aromatic carbocycles. The van der Waals surface area contributed by atoms with Gasteiger partial charge in [0.2, 0.25) is 5.82 Å². The minimum absolute atomic E-state index is 0.148. The molecule has 1 amide bonds. The summed E-state index contributed by atoms with van der Waals surface area (Å²) in [6.45, 7) is 1.80. The lowest BCUT2D eigenvalue weighted by atomic mass is 9.90. The molecule has 0 aliphatic carbocycles. The molecule has 0 saturated carbocycles. The van der Waals surface area contributed by atoms with Gasteiger partial charge in [-0.25, -0.2) is 8.78 Å². The Kier molecular flexibility index (Phi) is 6.61. The van der Waals surface area contributed by atoms with Crippen LogP contribution in [0, 0.1) is 46.9 Å². The van der Waals surface area contributed by atoms with Gasteiger partial charge in [0.05, 0.1) is 10.5 Å².